The maximum absolute atomic E-state index is 12.5. The highest BCUT2D eigenvalue weighted by Crippen LogP contribution is 2.04. The molecule has 0 fully saturated rings. The Balaban J connectivity index is 4.94. The molecule has 0 aromatic heterocycles. The number of carboxylic acid groups (broad SMARTS) is 1. The topological polar surface area (TPSA) is 263 Å². The highest BCUT2D eigenvalue weighted by molar-refractivity contribution is 5.93. The SMILES string of the molecule is NCCCCC(NC(=O)CNC(=O)C(N)CC(N)=O)C(=O)NC(CCC(N)=O)C(=O)O. The number of rotatable bonds is 16. The molecule has 0 aliphatic rings. The molecule has 0 radical (unpaired) electrons. The molecule has 0 spiro atoms. The van der Waals surface area contributed by atoms with Gasteiger partial charge in [-0.1, -0.05) is 0 Å². The molecule has 14 heteroatoms. The smallest absolute Gasteiger partial charge is 0.326 e. The zero-order valence-electron chi connectivity index (χ0n) is 17.1. The minimum absolute atomic E-state index is 0.159. The van der Waals surface area contributed by atoms with Crippen LogP contribution in [0.2, 0.25) is 0 Å². The molecule has 0 rings (SSSR count). The second kappa shape index (κ2) is 14.7. The summed E-state index contributed by atoms with van der Waals surface area (Å²) in [5, 5.41) is 16.1. The number of unbranched alkanes of at least 4 members (excludes halogenated alkanes) is 1. The number of nitrogens with one attached hydrogen (secondary N) is 3. The van der Waals surface area contributed by atoms with E-state index in [1.807, 2.05) is 0 Å². The van der Waals surface area contributed by atoms with Crippen LogP contribution in [0.5, 0.6) is 0 Å². The Morgan fingerprint density at radius 1 is 0.839 bits per heavy atom. The van der Waals surface area contributed by atoms with E-state index >= 15 is 0 Å². The summed E-state index contributed by atoms with van der Waals surface area (Å²) in [7, 11) is 0. The summed E-state index contributed by atoms with van der Waals surface area (Å²) < 4.78 is 0. The summed E-state index contributed by atoms with van der Waals surface area (Å²) >= 11 is 0. The van der Waals surface area contributed by atoms with Crippen LogP contribution in [-0.4, -0.2) is 71.8 Å². The van der Waals surface area contributed by atoms with Crippen molar-refractivity contribution >= 4 is 35.5 Å². The average Bonchev–Trinajstić information content (AvgIpc) is 2.67. The number of amides is 5. The summed E-state index contributed by atoms with van der Waals surface area (Å²) in [6.07, 6.45) is 0.310. The van der Waals surface area contributed by atoms with Crippen LogP contribution in [0.15, 0.2) is 0 Å². The Morgan fingerprint density at radius 2 is 1.48 bits per heavy atom. The first-order chi connectivity index (χ1) is 14.5. The van der Waals surface area contributed by atoms with Gasteiger partial charge in [-0.3, -0.25) is 24.0 Å². The van der Waals surface area contributed by atoms with Gasteiger partial charge in [-0.25, -0.2) is 4.79 Å². The number of nitrogens with two attached hydrogens (primary N) is 4. The van der Waals surface area contributed by atoms with Gasteiger partial charge in [0.2, 0.25) is 29.5 Å². The Kier molecular flexibility index (Phi) is 13.1. The van der Waals surface area contributed by atoms with Gasteiger partial charge in [-0.15, -0.1) is 0 Å². The fourth-order valence-corrected chi connectivity index (χ4v) is 2.43. The summed E-state index contributed by atoms with van der Waals surface area (Å²) in [5.41, 5.74) is 20.8. The predicted molar refractivity (Wildman–Crippen MR) is 108 cm³/mol. The third-order valence-electron chi connectivity index (χ3n) is 4.07. The second-order valence-corrected chi connectivity index (χ2v) is 6.80. The Hall–Kier alpha value is -3.26. The average molecular weight is 445 g/mol. The van der Waals surface area contributed by atoms with Crippen LogP contribution >= 0.6 is 0 Å². The first-order valence-corrected chi connectivity index (χ1v) is 9.60. The fourth-order valence-electron chi connectivity index (χ4n) is 2.43. The van der Waals surface area contributed by atoms with E-state index in [9.17, 15) is 33.9 Å². The maximum atomic E-state index is 12.5. The number of carbonyl (C=O) groups excluding carboxylic acids is 5. The number of hydrogen-bond acceptors (Lipinski definition) is 8. The number of hydrogen-bond donors (Lipinski definition) is 8. The van der Waals surface area contributed by atoms with Gasteiger partial charge in [0.15, 0.2) is 0 Å². The molecule has 3 unspecified atom stereocenters. The van der Waals surface area contributed by atoms with Crippen molar-refractivity contribution in [2.75, 3.05) is 13.1 Å². The largest absolute Gasteiger partial charge is 0.480 e. The number of carbonyl (C=O) groups is 6. The molecule has 5 amide bonds. The van der Waals surface area contributed by atoms with Crippen LogP contribution in [0.3, 0.4) is 0 Å². The van der Waals surface area contributed by atoms with Crippen LogP contribution in [0.1, 0.15) is 38.5 Å². The van der Waals surface area contributed by atoms with E-state index in [4.69, 9.17) is 22.9 Å². The molecule has 14 nitrogen and oxygen atoms in total. The molecular weight excluding hydrogens is 414 g/mol. The van der Waals surface area contributed by atoms with Crippen LogP contribution < -0.4 is 38.9 Å². The maximum Gasteiger partial charge on any atom is 0.326 e. The number of carboxylic acids is 1. The van der Waals surface area contributed by atoms with Crippen molar-refractivity contribution in [3.63, 3.8) is 0 Å². The Labute approximate surface area is 178 Å². The zero-order chi connectivity index (χ0) is 24.0. The van der Waals surface area contributed by atoms with Crippen LogP contribution in [0.25, 0.3) is 0 Å². The first kappa shape index (κ1) is 27.7. The van der Waals surface area contributed by atoms with Gasteiger partial charge in [0, 0.05) is 6.42 Å². The van der Waals surface area contributed by atoms with Gasteiger partial charge in [-0.2, -0.15) is 0 Å². The molecule has 0 aromatic carbocycles. The summed E-state index contributed by atoms with van der Waals surface area (Å²) in [4.78, 5) is 69.3. The van der Waals surface area contributed by atoms with Gasteiger partial charge in [0.25, 0.3) is 0 Å². The molecule has 31 heavy (non-hydrogen) atoms. The molecule has 0 aromatic rings. The van der Waals surface area contributed by atoms with E-state index in [2.05, 4.69) is 16.0 Å². The summed E-state index contributed by atoms with van der Waals surface area (Å²) in [5.74, 6) is -5.17. The highest BCUT2D eigenvalue weighted by atomic mass is 16.4. The first-order valence-electron chi connectivity index (χ1n) is 9.60. The minimum Gasteiger partial charge on any atom is -0.480 e. The molecule has 0 aliphatic carbocycles. The van der Waals surface area contributed by atoms with Crippen molar-refractivity contribution in [3.8, 4) is 0 Å². The lowest BCUT2D eigenvalue weighted by Gasteiger charge is -2.21. The molecule has 176 valence electrons. The molecule has 0 bridgehead atoms. The van der Waals surface area contributed by atoms with Gasteiger partial charge in [-0.05, 0) is 32.2 Å². The summed E-state index contributed by atoms with van der Waals surface area (Å²) in [6, 6.07) is -3.71. The van der Waals surface area contributed by atoms with Crippen molar-refractivity contribution < 1.29 is 33.9 Å². The van der Waals surface area contributed by atoms with E-state index in [0.29, 0.717) is 19.4 Å². The zero-order valence-corrected chi connectivity index (χ0v) is 17.1. The molecule has 0 saturated carbocycles. The van der Waals surface area contributed by atoms with Crippen LogP contribution in [-0.2, 0) is 28.8 Å². The Bertz CT molecular complexity index is 671. The van der Waals surface area contributed by atoms with E-state index in [-0.39, 0.29) is 19.3 Å². The summed E-state index contributed by atoms with van der Waals surface area (Å²) in [6.45, 7) is -0.178. The standard InChI is InChI=1S/C17H31N7O7/c18-6-2-1-3-10(16(29)24-11(17(30)31)4-5-12(20)25)23-14(27)8-22-15(28)9(19)7-13(21)26/h9-11H,1-8,18-19H2,(H2,20,25)(H2,21,26)(H,22,28)(H,23,27)(H,24,29)(H,30,31). The lowest BCUT2D eigenvalue weighted by atomic mass is 10.1. The molecule has 0 saturated heterocycles. The van der Waals surface area contributed by atoms with Crippen molar-refractivity contribution in [2.24, 2.45) is 22.9 Å². The second-order valence-electron chi connectivity index (χ2n) is 6.80. The molecular formula is C17H31N7O7. The molecule has 0 aliphatic heterocycles. The molecule has 3 atom stereocenters. The number of aliphatic carboxylic acids is 1. The van der Waals surface area contributed by atoms with Crippen molar-refractivity contribution in [2.45, 2.75) is 56.7 Å². The van der Waals surface area contributed by atoms with E-state index in [1.165, 1.54) is 0 Å². The lowest BCUT2D eigenvalue weighted by Crippen LogP contribution is -2.54. The molecule has 12 N–H and O–H groups in total. The van der Waals surface area contributed by atoms with Gasteiger partial charge >= 0.3 is 5.97 Å². The van der Waals surface area contributed by atoms with Gasteiger partial charge in [0.05, 0.1) is 19.0 Å². The van der Waals surface area contributed by atoms with Gasteiger partial charge in [0.1, 0.15) is 12.1 Å². The van der Waals surface area contributed by atoms with Crippen molar-refractivity contribution in [3.05, 3.63) is 0 Å². The quantitative estimate of drug-likeness (QED) is 0.107. The lowest BCUT2D eigenvalue weighted by molar-refractivity contribution is -0.142. The van der Waals surface area contributed by atoms with E-state index < -0.39 is 66.6 Å². The van der Waals surface area contributed by atoms with Crippen molar-refractivity contribution in [1.82, 2.24) is 16.0 Å². The van der Waals surface area contributed by atoms with E-state index in [0.717, 1.165) is 0 Å². The Morgan fingerprint density at radius 3 is 2.00 bits per heavy atom. The third kappa shape index (κ3) is 12.8. The monoisotopic (exact) mass is 445 g/mol. The highest BCUT2D eigenvalue weighted by Gasteiger charge is 2.27. The predicted octanol–water partition coefficient (Wildman–Crippen LogP) is -4.25. The third-order valence-corrected chi connectivity index (χ3v) is 4.07. The van der Waals surface area contributed by atoms with Gasteiger partial charge < -0.3 is 44.0 Å². The molecule has 0 heterocycles. The van der Waals surface area contributed by atoms with Crippen LogP contribution in [0.4, 0.5) is 0 Å². The number of primary amides is 2. The normalized spacial score (nSPS) is 13.4. The van der Waals surface area contributed by atoms with Crippen LogP contribution in [0, 0.1) is 0 Å². The van der Waals surface area contributed by atoms with E-state index in [1.54, 1.807) is 0 Å². The fraction of sp³-hybridized carbons (Fsp3) is 0.647. The van der Waals surface area contributed by atoms with Crippen molar-refractivity contribution in [1.29, 1.82) is 0 Å². The minimum atomic E-state index is -1.37.